The zero-order valence-corrected chi connectivity index (χ0v) is 25.3. The Labute approximate surface area is 246 Å². The van der Waals surface area contributed by atoms with E-state index in [0.29, 0.717) is 49.6 Å². The fourth-order valence-electron chi connectivity index (χ4n) is 5.82. The topological polar surface area (TPSA) is 180 Å². The van der Waals surface area contributed by atoms with E-state index in [1.807, 2.05) is 19.9 Å². The maximum atomic E-state index is 14.5. The van der Waals surface area contributed by atoms with Crippen LogP contribution in [-0.4, -0.2) is 55.2 Å². The third-order valence-corrected chi connectivity index (χ3v) is 11.4. The van der Waals surface area contributed by atoms with Crippen molar-refractivity contribution in [3.63, 3.8) is 0 Å². The Hall–Kier alpha value is -2.90. The molecule has 4 rings (SSSR count). The predicted octanol–water partition coefficient (Wildman–Crippen LogP) is 4.23. The standard InChI is InChI=1S/C30H43N3O8S/c1-28(2,16-17-31)14-15-30(35,42(36,37)23-11-9-22(38-3)10-12-23)29(32,19-21-7-5-4-6-8-21)33-27(34)41-25-20-40-26-24(25)13-18-39-26/h4-8,13,18,20,22-23,35H,9-12,14-17,19,31-32H2,1-3H3,(H,33,34)/t22?,23?,29-,30+/m0/s1. The summed E-state index contributed by atoms with van der Waals surface area (Å²) >= 11 is 0. The summed E-state index contributed by atoms with van der Waals surface area (Å²) < 4.78 is 50.5. The number of carbonyl (C=O) groups is 1. The molecule has 1 fully saturated rings. The predicted molar refractivity (Wildman–Crippen MR) is 158 cm³/mol. The molecule has 6 N–H and O–H groups in total. The van der Waals surface area contributed by atoms with Gasteiger partial charge in [-0.15, -0.1) is 0 Å². The molecule has 11 nitrogen and oxygen atoms in total. The average Bonchev–Trinajstić information content (AvgIpc) is 3.57. The number of methoxy groups -OCH3 is 1. The van der Waals surface area contributed by atoms with E-state index in [9.17, 15) is 18.3 Å². The minimum absolute atomic E-state index is 0.0530. The summed E-state index contributed by atoms with van der Waals surface area (Å²) in [5, 5.41) is 14.7. The monoisotopic (exact) mass is 605 g/mol. The molecule has 3 aromatic rings. The number of hydrogen-bond acceptors (Lipinski definition) is 10. The van der Waals surface area contributed by atoms with Crippen LogP contribution in [0.3, 0.4) is 0 Å². The summed E-state index contributed by atoms with van der Waals surface area (Å²) in [6, 6.07) is 10.4. The molecule has 0 aliphatic heterocycles. The van der Waals surface area contributed by atoms with E-state index >= 15 is 0 Å². The van der Waals surface area contributed by atoms with Gasteiger partial charge in [0.1, 0.15) is 17.3 Å². The zero-order valence-electron chi connectivity index (χ0n) is 24.5. The van der Waals surface area contributed by atoms with E-state index in [4.69, 9.17) is 29.8 Å². The highest BCUT2D eigenvalue weighted by Crippen LogP contribution is 2.42. The summed E-state index contributed by atoms with van der Waals surface area (Å²) in [6.07, 6.45) is 3.63. The third-order valence-electron chi connectivity index (χ3n) is 8.54. The van der Waals surface area contributed by atoms with Gasteiger partial charge >= 0.3 is 11.9 Å². The minimum atomic E-state index is -4.36. The Bertz CT molecular complexity index is 1430. The molecule has 232 valence electrons. The second-order valence-corrected chi connectivity index (χ2v) is 14.5. The van der Waals surface area contributed by atoms with Crippen LogP contribution < -0.4 is 21.5 Å². The van der Waals surface area contributed by atoms with Crippen LogP contribution in [0.5, 0.6) is 5.75 Å². The van der Waals surface area contributed by atoms with E-state index in [1.54, 1.807) is 37.4 Å². The molecule has 2 aromatic heterocycles. The summed E-state index contributed by atoms with van der Waals surface area (Å²) in [4.78, 5) is 10.8. The number of furan rings is 2. The maximum Gasteiger partial charge on any atom is 0.414 e. The lowest BCUT2D eigenvalue weighted by Gasteiger charge is -2.47. The zero-order chi connectivity index (χ0) is 30.6. The molecule has 0 spiro atoms. The molecule has 0 saturated heterocycles. The van der Waals surface area contributed by atoms with Crippen LogP contribution in [0, 0.1) is 5.41 Å². The van der Waals surface area contributed by atoms with E-state index in [2.05, 4.69) is 5.32 Å². The number of nitrogens with two attached hydrogens (primary N) is 2. The number of ether oxygens (including phenoxy) is 2. The van der Waals surface area contributed by atoms with E-state index in [-0.39, 0.29) is 36.9 Å². The lowest BCUT2D eigenvalue weighted by atomic mass is 9.81. The molecule has 1 amide bonds. The first-order valence-corrected chi connectivity index (χ1v) is 15.8. The van der Waals surface area contributed by atoms with Crippen molar-refractivity contribution < 1.29 is 36.6 Å². The number of amides is 1. The van der Waals surface area contributed by atoms with E-state index in [0.717, 1.165) is 0 Å². The molecule has 0 unspecified atom stereocenters. The van der Waals surface area contributed by atoms with Crippen molar-refractivity contribution in [2.24, 2.45) is 16.9 Å². The van der Waals surface area contributed by atoms with Gasteiger partial charge < -0.3 is 34.9 Å². The van der Waals surface area contributed by atoms with Gasteiger partial charge in [0.05, 0.1) is 17.6 Å². The quantitative estimate of drug-likeness (QED) is 0.206. The average molecular weight is 606 g/mol. The summed E-state index contributed by atoms with van der Waals surface area (Å²) in [5.41, 5.74) is 10.8. The SMILES string of the molecule is COC1CCC(S(=O)(=O)[C@](O)(CCC(C)(C)CCN)[C@](N)(Cc2ccccc2)NC(=O)Oc2coc3occc23)CC1. The molecule has 0 radical (unpaired) electrons. The maximum absolute atomic E-state index is 14.5. The van der Waals surface area contributed by atoms with Crippen LogP contribution in [0.4, 0.5) is 4.79 Å². The molecule has 1 aliphatic carbocycles. The molecule has 1 aromatic carbocycles. The van der Waals surface area contributed by atoms with Gasteiger partial charge in [0.25, 0.3) is 0 Å². The van der Waals surface area contributed by atoms with Crippen LogP contribution in [0.25, 0.3) is 11.2 Å². The van der Waals surface area contributed by atoms with Crippen LogP contribution in [0.1, 0.15) is 64.4 Å². The van der Waals surface area contributed by atoms with Crippen LogP contribution in [-0.2, 0) is 21.0 Å². The van der Waals surface area contributed by atoms with Crippen LogP contribution in [0.15, 0.2) is 57.8 Å². The van der Waals surface area contributed by atoms with Gasteiger partial charge in [-0.1, -0.05) is 44.2 Å². The molecular weight excluding hydrogens is 562 g/mol. The van der Waals surface area contributed by atoms with Gasteiger partial charge in [0, 0.05) is 13.5 Å². The number of aliphatic hydroxyl groups is 1. The number of nitrogens with one attached hydrogen (secondary N) is 1. The molecular formula is C30H43N3O8S. The molecule has 42 heavy (non-hydrogen) atoms. The van der Waals surface area contributed by atoms with E-state index in [1.165, 1.54) is 12.5 Å². The van der Waals surface area contributed by atoms with Crippen molar-refractivity contribution >= 4 is 27.1 Å². The third kappa shape index (κ3) is 6.68. The van der Waals surface area contributed by atoms with Gasteiger partial charge in [0.15, 0.2) is 15.6 Å². The van der Waals surface area contributed by atoms with Crippen molar-refractivity contribution in [1.29, 1.82) is 0 Å². The first kappa shape index (κ1) is 32.0. The van der Waals surface area contributed by atoms with Crippen molar-refractivity contribution in [1.82, 2.24) is 5.32 Å². The smallest absolute Gasteiger partial charge is 0.414 e. The normalized spacial score (nSPS) is 21.0. The lowest BCUT2D eigenvalue weighted by Crippen LogP contribution is -2.75. The first-order chi connectivity index (χ1) is 19.8. The number of benzene rings is 1. The van der Waals surface area contributed by atoms with Crippen molar-refractivity contribution in [2.75, 3.05) is 13.7 Å². The lowest BCUT2D eigenvalue weighted by molar-refractivity contribution is 0.00402. The fraction of sp³-hybridized carbons (Fsp3) is 0.567. The highest BCUT2D eigenvalue weighted by atomic mass is 32.2. The molecule has 12 heteroatoms. The van der Waals surface area contributed by atoms with Gasteiger partial charge in [-0.05, 0) is 68.5 Å². The Kier molecular flexibility index (Phi) is 9.73. The Morgan fingerprint density at radius 1 is 1.07 bits per heavy atom. The van der Waals surface area contributed by atoms with Gasteiger partial charge in [-0.25, -0.2) is 13.2 Å². The Morgan fingerprint density at radius 2 is 1.76 bits per heavy atom. The molecule has 2 atom stereocenters. The Balaban J connectivity index is 1.75. The van der Waals surface area contributed by atoms with E-state index < -0.39 is 37.2 Å². The number of fused-ring (bicyclic) bond motifs is 1. The summed E-state index contributed by atoms with van der Waals surface area (Å²) in [6.45, 7) is 4.32. The van der Waals surface area contributed by atoms with Gasteiger partial charge in [-0.3, -0.25) is 5.32 Å². The fourth-order valence-corrected chi connectivity index (χ4v) is 8.28. The van der Waals surface area contributed by atoms with Crippen molar-refractivity contribution in [3.8, 4) is 5.75 Å². The number of sulfone groups is 1. The Morgan fingerprint density at radius 3 is 2.40 bits per heavy atom. The summed E-state index contributed by atoms with van der Waals surface area (Å²) in [7, 11) is -2.76. The molecule has 1 saturated carbocycles. The minimum Gasteiger partial charge on any atom is -0.433 e. The molecule has 2 heterocycles. The van der Waals surface area contributed by atoms with Crippen LogP contribution >= 0.6 is 0 Å². The molecule has 0 bridgehead atoms. The van der Waals surface area contributed by atoms with Crippen molar-refractivity contribution in [2.45, 2.75) is 87.2 Å². The highest BCUT2D eigenvalue weighted by molar-refractivity contribution is 7.93. The number of carbonyl (C=O) groups excluding carboxylic acids is 1. The second kappa shape index (κ2) is 12.8. The number of hydrogen-bond donors (Lipinski definition) is 4. The number of rotatable bonds is 13. The highest BCUT2D eigenvalue weighted by Gasteiger charge is 2.60. The second-order valence-electron chi connectivity index (χ2n) is 12.0. The largest absolute Gasteiger partial charge is 0.433 e. The van der Waals surface area contributed by atoms with Gasteiger partial charge in [0.2, 0.25) is 4.93 Å². The van der Waals surface area contributed by atoms with Crippen molar-refractivity contribution in [3.05, 3.63) is 54.5 Å². The summed E-state index contributed by atoms with van der Waals surface area (Å²) in [5.74, 6) is 0.223. The first-order valence-electron chi connectivity index (χ1n) is 14.3. The molecule has 1 aliphatic rings. The van der Waals surface area contributed by atoms with Gasteiger partial charge in [-0.2, -0.15) is 0 Å². The van der Waals surface area contributed by atoms with Crippen LogP contribution in [0.2, 0.25) is 0 Å².